The van der Waals surface area contributed by atoms with E-state index in [9.17, 15) is 9.59 Å². The molecule has 0 bridgehead atoms. The third-order valence-electron chi connectivity index (χ3n) is 1.69. The molecule has 5 nitrogen and oxygen atoms in total. The smallest absolute Gasteiger partial charge is 0.231 e. The molecule has 66 valence electrons. The Hall–Kier alpha value is -2.04. The molecule has 0 aromatic rings. The van der Waals surface area contributed by atoms with Crippen LogP contribution in [0.25, 0.3) is 0 Å². The number of hydrogen-bond acceptors (Lipinski definition) is 4. The van der Waals surface area contributed by atoms with E-state index in [4.69, 9.17) is 9.63 Å². The third kappa shape index (κ3) is 1.01. The highest BCUT2D eigenvalue weighted by molar-refractivity contribution is 5.22. The van der Waals surface area contributed by atoms with Crippen molar-refractivity contribution in [1.82, 2.24) is 5.16 Å². The third-order valence-corrected chi connectivity index (χ3v) is 1.69. The van der Waals surface area contributed by atoms with Crippen LogP contribution in [0, 0.1) is 10.6 Å². The molecule has 0 aromatic carbocycles. The Kier molecular flexibility index (Phi) is 1.45. The number of aromatic hydroxyl groups is 1. The molecule has 2 N–H and O–H groups in total. The van der Waals surface area contributed by atoms with Crippen LogP contribution in [0.4, 0.5) is 0 Å². The van der Waals surface area contributed by atoms with Crippen molar-refractivity contribution in [2.24, 2.45) is 0 Å². The Morgan fingerprint density at radius 2 is 2.15 bits per heavy atom. The van der Waals surface area contributed by atoms with Gasteiger partial charge in [-0.2, -0.15) is 0 Å². The van der Waals surface area contributed by atoms with Crippen molar-refractivity contribution in [3.05, 3.63) is 49.4 Å². The Bertz CT molecular complexity index is 609. The molecular weight excluding hydrogens is 174 g/mol. The molecule has 0 fully saturated rings. The molecule has 0 radical (unpaired) electrons. The summed E-state index contributed by atoms with van der Waals surface area (Å²) >= 11 is 0. The molecule has 0 saturated heterocycles. The van der Waals surface area contributed by atoms with Gasteiger partial charge in [-0.1, -0.05) is 0 Å². The van der Waals surface area contributed by atoms with Gasteiger partial charge in [0.1, 0.15) is 0 Å². The molecule has 0 spiro atoms. The molecule has 0 atom stereocenters. The van der Waals surface area contributed by atoms with Gasteiger partial charge in [0.25, 0.3) is 0 Å². The lowest BCUT2D eigenvalue weighted by molar-refractivity contribution is 0.370. The van der Waals surface area contributed by atoms with Crippen molar-refractivity contribution in [3.8, 4) is 5.75 Å². The van der Waals surface area contributed by atoms with E-state index in [1.54, 1.807) is 0 Å². The summed E-state index contributed by atoms with van der Waals surface area (Å²) in [5, 5.41) is 11.4. The van der Waals surface area contributed by atoms with Crippen LogP contribution in [-0.2, 0) is 0 Å². The van der Waals surface area contributed by atoms with Gasteiger partial charge in [-0.25, -0.2) is 5.16 Å². The van der Waals surface area contributed by atoms with Gasteiger partial charge in [0.15, 0.2) is 5.75 Å². The van der Waals surface area contributed by atoms with Crippen molar-refractivity contribution in [2.75, 3.05) is 0 Å². The van der Waals surface area contributed by atoms with Crippen molar-refractivity contribution in [2.45, 2.75) is 0 Å². The fourth-order valence-electron chi connectivity index (χ4n) is 1.10. The predicted molar refractivity (Wildman–Crippen MR) is 42.6 cm³/mol. The number of H-pyrrole nitrogens is 1. The number of hydrogen-bond donors (Lipinski definition) is 2. The highest BCUT2D eigenvalue weighted by Gasteiger charge is 2.04. The van der Waals surface area contributed by atoms with Crippen LogP contribution in [0.5, 0.6) is 5.75 Å². The van der Waals surface area contributed by atoms with Gasteiger partial charge in [0.2, 0.25) is 16.3 Å². The van der Waals surface area contributed by atoms with Gasteiger partial charge in [0.05, 0.1) is 5.22 Å². The maximum atomic E-state index is 11.2. The quantitative estimate of drug-likeness (QED) is 0.584. The lowest BCUT2D eigenvalue weighted by Crippen LogP contribution is -2.12. The lowest BCUT2D eigenvalue weighted by atomic mass is 10.2. The van der Waals surface area contributed by atoms with E-state index in [2.05, 4.69) is 5.16 Å². The van der Waals surface area contributed by atoms with Crippen molar-refractivity contribution < 1.29 is 9.63 Å². The van der Waals surface area contributed by atoms with Crippen LogP contribution in [0.2, 0.25) is 0 Å². The molecule has 2 aliphatic rings. The molecule has 1 aliphatic heterocycles. The summed E-state index contributed by atoms with van der Waals surface area (Å²) in [5.41, 5.74) is -1.21. The topological polar surface area (TPSA) is 83.3 Å². The molecule has 0 aromatic heterocycles. The highest BCUT2D eigenvalue weighted by Crippen LogP contribution is 1.96. The largest absolute Gasteiger partial charge is 0.504 e. The summed E-state index contributed by atoms with van der Waals surface area (Å²) in [6, 6.07) is 2.21. The van der Waals surface area contributed by atoms with E-state index in [1.165, 1.54) is 12.3 Å². The number of nitrogens with one attached hydrogen (secondary N) is 1. The van der Waals surface area contributed by atoms with Gasteiger partial charge < -0.3 is 9.63 Å². The average molecular weight is 179 g/mol. The number of aromatic nitrogens is 1. The van der Waals surface area contributed by atoms with E-state index in [1.807, 2.05) is 0 Å². The fraction of sp³-hybridized carbons (Fsp3) is 0. The van der Waals surface area contributed by atoms with E-state index in [-0.39, 0.29) is 10.6 Å². The van der Waals surface area contributed by atoms with Crippen molar-refractivity contribution in [3.63, 3.8) is 0 Å². The van der Waals surface area contributed by atoms with Crippen LogP contribution in [-0.4, -0.2) is 10.3 Å². The molecule has 0 saturated carbocycles. The first-order valence-corrected chi connectivity index (χ1v) is 3.53. The first kappa shape index (κ1) is 7.60. The van der Waals surface area contributed by atoms with Crippen LogP contribution >= 0.6 is 0 Å². The second-order valence-electron chi connectivity index (χ2n) is 2.52. The molecule has 1 aliphatic carbocycles. The van der Waals surface area contributed by atoms with Crippen LogP contribution in [0.15, 0.2) is 32.4 Å². The summed E-state index contributed by atoms with van der Waals surface area (Å²) in [6.45, 7) is 0. The molecule has 0 unspecified atom stereocenters. The minimum Gasteiger partial charge on any atom is -0.504 e. The van der Waals surface area contributed by atoms with Gasteiger partial charge in [-0.05, 0) is 6.07 Å². The van der Waals surface area contributed by atoms with Crippen LogP contribution in [0.1, 0.15) is 0 Å². The molecule has 13 heavy (non-hydrogen) atoms. The summed E-state index contributed by atoms with van der Waals surface area (Å²) in [6.07, 6.45) is 1.36. The second kappa shape index (κ2) is 2.48. The van der Waals surface area contributed by atoms with Crippen molar-refractivity contribution in [1.29, 1.82) is 0 Å². The van der Waals surface area contributed by atoms with E-state index in [0.717, 1.165) is 6.07 Å². The van der Waals surface area contributed by atoms with Crippen LogP contribution < -0.4 is 10.9 Å². The van der Waals surface area contributed by atoms with E-state index >= 15 is 0 Å². The maximum Gasteiger partial charge on any atom is 0.231 e. The molecule has 2 rings (SSSR count). The van der Waals surface area contributed by atoms with Crippen molar-refractivity contribution >= 4 is 0 Å². The van der Waals surface area contributed by atoms with Crippen LogP contribution in [0.3, 0.4) is 0 Å². The summed E-state index contributed by atoms with van der Waals surface area (Å²) in [7, 11) is 0. The minimum atomic E-state index is -0.604. The molecule has 1 heterocycles. The highest BCUT2D eigenvalue weighted by atomic mass is 16.5. The maximum absolute atomic E-state index is 11.2. The molecular formula is C8H5NO4. The zero-order chi connectivity index (χ0) is 9.42. The number of aromatic amines is 1. The second-order valence-corrected chi connectivity index (χ2v) is 2.52. The van der Waals surface area contributed by atoms with Gasteiger partial charge in [-0.3, -0.25) is 9.59 Å². The first-order chi connectivity index (χ1) is 6.20. The molecule has 0 amide bonds. The monoisotopic (exact) mass is 179 g/mol. The summed E-state index contributed by atoms with van der Waals surface area (Å²) in [4.78, 5) is 22.4. The van der Waals surface area contributed by atoms with Gasteiger partial charge in [-0.15, -0.1) is 0 Å². The zero-order valence-corrected chi connectivity index (χ0v) is 6.40. The SMILES string of the molecule is O=c1cc(O)c(=O)c2cc[nH]oc1=2. The average Bonchev–Trinajstić information content (AvgIpc) is 2.15. The van der Waals surface area contributed by atoms with Gasteiger partial charge >= 0.3 is 0 Å². The first-order valence-electron chi connectivity index (χ1n) is 3.53. The zero-order valence-electron chi connectivity index (χ0n) is 6.40. The Morgan fingerprint density at radius 3 is 2.92 bits per heavy atom. The fourth-order valence-corrected chi connectivity index (χ4v) is 1.10. The lowest BCUT2D eigenvalue weighted by Gasteiger charge is -1.90. The molecule has 5 heteroatoms. The Morgan fingerprint density at radius 1 is 1.38 bits per heavy atom. The minimum absolute atomic E-state index is 0.0729. The number of rotatable bonds is 0. The Balaban J connectivity index is 3.29. The predicted octanol–water partition coefficient (Wildman–Crippen LogP) is -0.242. The summed E-state index contributed by atoms with van der Waals surface area (Å²) in [5.74, 6) is -0.557. The van der Waals surface area contributed by atoms with E-state index < -0.39 is 16.6 Å². The normalized spacial score (nSPS) is 10.5. The van der Waals surface area contributed by atoms with E-state index in [0.29, 0.717) is 0 Å². The summed E-state index contributed by atoms with van der Waals surface area (Å²) < 4.78 is 4.73. The van der Waals surface area contributed by atoms with Gasteiger partial charge in [0, 0.05) is 12.3 Å². The Labute approximate surface area is 70.9 Å². The standard InChI is InChI=1S/C8H5NO4/c10-5-3-6(11)8-4(7(5)12)1-2-9-13-8/h1-3,9-10H.